The first-order chi connectivity index (χ1) is 17.4. The Morgan fingerprint density at radius 1 is 0.944 bits per heavy atom. The number of benzene rings is 2. The second kappa shape index (κ2) is 9.49. The van der Waals surface area contributed by atoms with Gasteiger partial charge in [0.25, 0.3) is 0 Å². The van der Waals surface area contributed by atoms with Gasteiger partial charge < -0.3 is 20.6 Å². The Morgan fingerprint density at radius 3 is 2.28 bits per heavy atom. The largest absolute Gasteiger partial charge is 0.507 e. The number of rotatable bonds is 4. The summed E-state index contributed by atoms with van der Waals surface area (Å²) in [6, 6.07) is 17.6. The van der Waals surface area contributed by atoms with Gasteiger partial charge in [-0.05, 0) is 49.7 Å². The molecular formula is C29H31N5O2. The number of carbonyl (C=O) groups is 1. The molecule has 1 saturated heterocycles. The normalized spacial score (nSPS) is 18.0. The minimum Gasteiger partial charge on any atom is -0.507 e. The predicted molar refractivity (Wildman–Crippen MR) is 145 cm³/mol. The van der Waals surface area contributed by atoms with Gasteiger partial charge in [0.15, 0.2) is 0 Å². The molecule has 0 spiro atoms. The van der Waals surface area contributed by atoms with E-state index in [0.29, 0.717) is 23.1 Å². The smallest absolute Gasteiger partial charge is 0.222 e. The summed E-state index contributed by atoms with van der Waals surface area (Å²) in [5, 5.41) is 11.9. The fraction of sp³-hybridized carbons (Fsp3) is 0.276. The molecule has 2 atom stereocenters. The van der Waals surface area contributed by atoms with Crippen LogP contribution in [0.2, 0.25) is 0 Å². The van der Waals surface area contributed by atoms with Crippen LogP contribution in [-0.4, -0.2) is 51.1 Å². The number of hydrogen-bond acceptors (Lipinski definition) is 6. The lowest BCUT2D eigenvalue weighted by Gasteiger charge is -2.45. The topological polar surface area (TPSA) is 95.6 Å². The molecule has 5 rings (SSSR count). The number of nitrogens with zero attached hydrogens (tertiary/aromatic N) is 4. The average Bonchev–Trinajstić information content (AvgIpc) is 2.89. The van der Waals surface area contributed by atoms with Gasteiger partial charge in [0.1, 0.15) is 11.6 Å². The van der Waals surface area contributed by atoms with E-state index < -0.39 is 0 Å². The second-order valence-electron chi connectivity index (χ2n) is 9.51. The van der Waals surface area contributed by atoms with Crippen molar-refractivity contribution in [1.29, 1.82) is 0 Å². The summed E-state index contributed by atoms with van der Waals surface area (Å²) in [5.41, 5.74) is 10.6. The Morgan fingerprint density at radius 2 is 1.64 bits per heavy atom. The minimum absolute atomic E-state index is 0.117. The summed E-state index contributed by atoms with van der Waals surface area (Å²) in [7, 11) is 0. The minimum atomic E-state index is 0.117. The maximum Gasteiger partial charge on any atom is 0.222 e. The Labute approximate surface area is 211 Å². The van der Waals surface area contributed by atoms with Gasteiger partial charge >= 0.3 is 0 Å². The molecule has 7 heteroatoms. The third-order valence-corrected chi connectivity index (χ3v) is 6.98. The van der Waals surface area contributed by atoms with Gasteiger partial charge in [-0.2, -0.15) is 0 Å². The zero-order chi connectivity index (χ0) is 25.4. The number of nitrogens with two attached hydrogens (primary N) is 1. The molecule has 2 unspecified atom stereocenters. The molecule has 1 amide bonds. The predicted octanol–water partition coefficient (Wildman–Crippen LogP) is 5.09. The molecule has 3 heterocycles. The van der Waals surface area contributed by atoms with Crippen molar-refractivity contribution in [2.45, 2.75) is 39.3 Å². The highest BCUT2D eigenvalue weighted by Crippen LogP contribution is 2.38. The van der Waals surface area contributed by atoms with E-state index in [1.54, 1.807) is 12.4 Å². The highest BCUT2D eigenvalue weighted by atomic mass is 16.3. The molecule has 36 heavy (non-hydrogen) atoms. The number of fused-ring (bicyclic) bond motifs is 1. The van der Waals surface area contributed by atoms with Crippen LogP contribution >= 0.6 is 0 Å². The number of anilines is 2. The van der Waals surface area contributed by atoms with Crippen LogP contribution in [-0.2, 0) is 4.79 Å². The molecule has 1 fully saturated rings. The second-order valence-corrected chi connectivity index (χ2v) is 9.51. The van der Waals surface area contributed by atoms with Crippen LogP contribution in [0.4, 0.5) is 11.5 Å². The number of pyridine rings is 2. The monoisotopic (exact) mass is 481 g/mol. The molecule has 2 aromatic carbocycles. The average molecular weight is 482 g/mol. The van der Waals surface area contributed by atoms with Gasteiger partial charge in [-0.25, -0.2) is 4.98 Å². The third kappa shape index (κ3) is 4.21. The summed E-state index contributed by atoms with van der Waals surface area (Å²) in [6.45, 7) is 7.55. The molecule has 2 aromatic heterocycles. The van der Waals surface area contributed by atoms with E-state index in [1.807, 2.05) is 66.4 Å². The Hall–Kier alpha value is -4.13. The lowest BCUT2D eigenvalue weighted by atomic mass is 9.99. The molecule has 1 aliphatic heterocycles. The van der Waals surface area contributed by atoms with Crippen molar-refractivity contribution >= 4 is 28.3 Å². The number of nitrogen functional groups attached to an aromatic ring is 1. The molecule has 0 bridgehead atoms. The molecular weight excluding hydrogens is 450 g/mol. The molecule has 0 aliphatic carbocycles. The highest BCUT2D eigenvalue weighted by Gasteiger charge is 2.32. The van der Waals surface area contributed by atoms with Crippen molar-refractivity contribution in [3.63, 3.8) is 0 Å². The van der Waals surface area contributed by atoms with E-state index in [0.717, 1.165) is 41.1 Å². The lowest BCUT2D eigenvalue weighted by molar-refractivity contribution is -0.135. The highest BCUT2D eigenvalue weighted by molar-refractivity contribution is 6.00. The first kappa shape index (κ1) is 23.6. The summed E-state index contributed by atoms with van der Waals surface area (Å²) in [5.74, 6) is 1.23. The number of para-hydroxylation sites is 1. The van der Waals surface area contributed by atoms with Crippen LogP contribution in [0.3, 0.4) is 0 Å². The van der Waals surface area contributed by atoms with Crippen molar-refractivity contribution in [3.8, 4) is 28.0 Å². The SMILES string of the molecule is CCC(=O)N1C(C)CN(c2ccc(-c3cnc4c(-c5ccc(N)cc5)cccc4c3O)cn2)CC1C. The number of hydrogen-bond donors (Lipinski definition) is 2. The number of amides is 1. The molecule has 184 valence electrons. The maximum absolute atomic E-state index is 12.3. The van der Waals surface area contributed by atoms with Crippen LogP contribution < -0.4 is 10.6 Å². The molecule has 7 nitrogen and oxygen atoms in total. The first-order valence-corrected chi connectivity index (χ1v) is 12.4. The number of piperazine rings is 1. The summed E-state index contributed by atoms with van der Waals surface area (Å²) in [4.78, 5) is 26.0. The van der Waals surface area contributed by atoms with Crippen LogP contribution in [0.1, 0.15) is 27.2 Å². The van der Waals surface area contributed by atoms with Crippen molar-refractivity contribution < 1.29 is 9.90 Å². The zero-order valence-electron chi connectivity index (χ0n) is 20.8. The third-order valence-electron chi connectivity index (χ3n) is 6.98. The van der Waals surface area contributed by atoms with Crippen molar-refractivity contribution in [1.82, 2.24) is 14.9 Å². The lowest BCUT2D eigenvalue weighted by Crippen LogP contribution is -2.58. The number of carbonyl (C=O) groups excluding carboxylic acids is 1. The standard InChI is InChI=1S/C29H31N5O2/c1-4-27(35)34-18(2)16-33(17-19(34)3)26-13-10-21(14-31-26)25-15-32-28-23(6-5-7-24(28)29(25)36)20-8-11-22(30)12-9-20/h5-15,18-19H,4,16-17,30H2,1-3H3,(H,32,36). The van der Waals surface area contributed by atoms with E-state index >= 15 is 0 Å². The fourth-order valence-corrected chi connectivity index (χ4v) is 5.23. The quantitative estimate of drug-likeness (QED) is 0.394. The molecule has 0 saturated carbocycles. The van der Waals surface area contributed by atoms with Gasteiger partial charge in [0.05, 0.1) is 5.52 Å². The Kier molecular flexibility index (Phi) is 6.22. The van der Waals surface area contributed by atoms with Gasteiger partial charge in [0.2, 0.25) is 5.91 Å². The van der Waals surface area contributed by atoms with Gasteiger partial charge in [-0.3, -0.25) is 9.78 Å². The Balaban J connectivity index is 1.43. The van der Waals surface area contributed by atoms with E-state index in [9.17, 15) is 9.90 Å². The van der Waals surface area contributed by atoms with Crippen LogP contribution in [0.25, 0.3) is 33.2 Å². The van der Waals surface area contributed by atoms with E-state index in [4.69, 9.17) is 15.7 Å². The molecule has 0 radical (unpaired) electrons. The van der Waals surface area contributed by atoms with E-state index in [1.165, 1.54) is 0 Å². The maximum atomic E-state index is 12.3. The zero-order valence-corrected chi connectivity index (χ0v) is 20.8. The van der Waals surface area contributed by atoms with Crippen molar-refractivity contribution in [2.24, 2.45) is 0 Å². The summed E-state index contributed by atoms with van der Waals surface area (Å²) < 4.78 is 0. The molecule has 3 N–H and O–H groups in total. The number of aromatic nitrogens is 2. The van der Waals surface area contributed by atoms with Crippen LogP contribution in [0.5, 0.6) is 5.75 Å². The number of aromatic hydroxyl groups is 1. The van der Waals surface area contributed by atoms with Gasteiger partial charge in [-0.15, -0.1) is 0 Å². The Bertz CT molecular complexity index is 1390. The summed E-state index contributed by atoms with van der Waals surface area (Å²) >= 11 is 0. The van der Waals surface area contributed by atoms with Crippen molar-refractivity contribution in [3.05, 3.63) is 67.0 Å². The summed E-state index contributed by atoms with van der Waals surface area (Å²) in [6.07, 6.45) is 4.00. The molecule has 4 aromatic rings. The fourth-order valence-electron chi connectivity index (χ4n) is 5.23. The van der Waals surface area contributed by atoms with Gasteiger partial charge in [0, 0.05) is 71.8 Å². The van der Waals surface area contributed by atoms with E-state index in [-0.39, 0.29) is 23.7 Å². The first-order valence-electron chi connectivity index (χ1n) is 12.4. The van der Waals surface area contributed by atoms with Crippen molar-refractivity contribution in [2.75, 3.05) is 23.7 Å². The van der Waals surface area contributed by atoms with Crippen LogP contribution in [0, 0.1) is 0 Å². The van der Waals surface area contributed by atoms with E-state index in [2.05, 4.69) is 18.7 Å². The van der Waals surface area contributed by atoms with Crippen LogP contribution in [0.15, 0.2) is 67.0 Å². The molecule has 1 aliphatic rings. The van der Waals surface area contributed by atoms with Gasteiger partial charge in [-0.1, -0.05) is 31.2 Å².